The molecule has 62 heavy (non-hydrogen) atoms. The van der Waals surface area contributed by atoms with E-state index >= 15 is 0 Å². The van der Waals surface area contributed by atoms with E-state index in [9.17, 15) is 40.3 Å². The van der Waals surface area contributed by atoms with Gasteiger partial charge >= 0.3 is 5.97 Å². The smallest absolute Gasteiger partial charge is 0.333 e. The van der Waals surface area contributed by atoms with Crippen LogP contribution in [0, 0.1) is 0 Å². The molecule has 2 aromatic rings. The molecule has 0 spiro atoms. The summed E-state index contributed by atoms with van der Waals surface area (Å²) in [4.78, 5) is 44.4. The number of anilines is 2. The molecule has 0 bridgehead atoms. The third-order valence-electron chi connectivity index (χ3n) is 9.97. The number of methoxy groups -OCH3 is 6. The van der Waals surface area contributed by atoms with Gasteiger partial charge in [0.25, 0.3) is 11.8 Å². The Hall–Kier alpha value is -5.84. The van der Waals surface area contributed by atoms with E-state index < -0.39 is 49.5 Å². The fourth-order valence-corrected chi connectivity index (χ4v) is 7.62. The molecule has 1 heterocycles. The van der Waals surface area contributed by atoms with Crippen molar-refractivity contribution in [2.24, 2.45) is 0 Å². The van der Waals surface area contributed by atoms with E-state index in [1.54, 1.807) is 67.4 Å². The van der Waals surface area contributed by atoms with Gasteiger partial charge in [-0.05, 0) is 0 Å². The molecule has 0 aromatic heterocycles. The molecule has 22 heteroatoms. The molecule has 0 unspecified atom stereocenters. The van der Waals surface area contributed by atoms with Crippen LogP contribution in [0.4, 0.5) is 11.4 Å². The van der Waals surface area contributed by atoms with Gasteiger partial charge < -0.3 is 52.2 Å². The van der Waals surface area contributed by atoms with Crippen LogP contribution in [-0.2, 0) is 48.9 Å². The minimum Gasteiger partial charge on any atom is -0.748 e. The molecule has 340 valence electrons. The minimum atomic E-state index is -4.54. The van der Waals surface area contributed by atoms with Crippen LogP contribution < -0.4 is 28.7 Å². The van der Waals surface area contributed by atoms with Gasteiger partial charge in [0.15, 0.2) is 0 Å². The molecular formula is C40H51N4O16S2-. The molecule has 1 saturated heterocycles. The second kappa shape index (κ2) is 20.8. The summed E-state index contributed by atoms with van der Waals surface area (Å²) in [6, 6.07) is 6.51. The van der Waals surface area contributed by atoms with E-state index in [4.69, 9.17) is 33.3 Å². The Morgan fingerprint density at radius 2 is 1.08 bits per heavy atom. The molecule has 0 N–H and O–H groups in total. The molecule has 0 radical (unpaired) electrons. The number of hydrogen-bond acceptors (Lipinski definition) is 18. The Kier molecular flexibility index (Phi) is 16.4. The number of hydrogen-bond donors (Lipinski definition) is 0. The normalized spacial score (nSPS) is 14.2. The number of ether oxygens (including phenoxy) is 6. The van der Waals surface area contributed by atoms with E-state index in [0.717, 1.165) is 0 Å². The number of nitrogens with zero attached hydrogens (tertiary/aromatic N) is 4. The van der Waals surface area contributed by atoms with Crippen LogP contribution in [0.3, 0.4) is 0 Å². The van der Waals surface area contributed by atoms with Crippen LogP contribution in [0.25, 0.3) is 5.57 Å². The summed E-state index contributed by atoms with van der Waals surface area (Å²) in [5.74, 6) is -1.82. The lowest BCUT2D eigenvalue weighted by Crippen LogP contribution is -2.32. The molecular weight excluding hydrogens is 857 g/mol. The maximum Gasteiger partial charge on any atom is 0.333 e. The second-order valence-electron chi connectivity index (χ2n) is 14.0. The van der Waals surface area contributed by atoms with Crippen molar-refractivity contribution in [2.75, 3.05) is 105 Å². The number of imide groups is 1. The number of allylic oxidation sites excluding steroid dienone is 2. The van der Waals surface area contributed by atoms with Crippen LogP contribution in [-0.4, -0.2) is 154 Å². The van der Waals surface area contributed by atoms with Crippen LogP contribution in [0.2, 0.25) is 0 Å². The number of benzene rings is 2. The number of rotatable bonds is 21. The van der Waals surface area contributed by atoms with Crippen molar-refractivity contribution in [1.29, 1.82) is 0 Å². The van der Waals surface area contributed by atoms with Crippen molar-refractivity contribution >= 4 is 60.7 Å². The van der Waals surface area contributed by atoms with Gasteiger partial charge in [-0.1, -0.05) is 0 Å². The van der Waals surface area contributed by atoms with Gasteiger partial charge in [-0.25, -0.2) is 26.2 Å². The molecule has 1 aliphatic carbocycles. The zero-order chi connectivity index (χ0) is 46.1. The van der Waals surface area contributed by atoms with Crippen LogP contribution in [0.5, 0.6) is 23.0 Å². The van der Waals surface area contributed by atoms with Gasteiger partial charge in [0.1, 0.15) is 48.1 Å². The molecule has 20 nitrogen and oxygen atoms in total. The average molecular weight is 908 g/mol. The molecule has 2 aromatic carbocycles. The first kappa shape index (κ1) is 48.8. The van der Waals surface area contributed by atoms with E-state index in [1.165, 1.54) is 42.7 Å². The predicted molar refractivity (Wildman–Crippen MR) is 223 cm³/mol. The van der Waals surface area contributed by atoms with Crippen molar-refractivity contribution < 1.29 is 78.2 Å². The lowest BCUT2D eigenvalue weighted by atomic mass is 9.86. The standard InChI is InChI=1S/C40H52N4O16S2/c1-41(14-10-11-36(47)60-44-34(45)12-13-35(44)46)25-19-28(54-4)37(29(20-25)55-5)40(38-30(56-6)21-26(22-31(38)57-7)42(2)15-17-61(48,49)50)39-32(58-8)23-27(24-33(39)59-9)43(3)16-18-62(51,52)53/h19-24H,10-18H2,1-9H3,(H-,48,49,50,51,52,53)/p-1. The van der Waals surface area contributed by atoms with E-state index in [1.807, 2.05) is 4.58 Å². The monoisotopic (exact) mass is 907 g/mol. The van der Waals surface area contributed by atoms with Crippen molar-refractivity contribution in [3.63, 3.8) is 0 Å². The Bertz CT molecular complexity index is 2210. The van der Waals surface area contributed by atoms with E-state index in [-0.39, 0.29) is 73.3 Å². The quantitative estimate of drug-likeness (QED) is 0.0988. The van der Waals surface area contributed by atoms with Crippen LogP contribution >= 0.6 is 0 Å². The van der Waals surface area contributed by atoms with Gasteiger partial charge in [0.2, 0.25) is 5.71 Å². The van der Waals surface area contributed by atoms with Gasteiger partial charge in [0.05, 0.1) is 110 Å². The highest BCUT2D eigenvalue weighted by Gasteiger charge is 2.35. The Balaban J connectivity index is 1.98. The first-order valence-corrected chi connectivity index (χ1v) is 22.1. The number of carbonyl (C=O) groups is 3. The Morgan fingerprint density at radius 3 is 1.42 bits per heavy atom. The van der Waals surface area contributed by atoms with E-state index in [0.29, 0.717) is 51.0 Å². The fourth-order valence-electron chi connectivity index (χ4n) is 6.62. The molecule has 1 aliphatic heterocycles. The van der Waals surface area contributed by atoms with Gasteiger partial charge in [-0.15, -0.1) is 5.06 Å². The molecule has 0 atom stereocenters. The minimum absolute atomic E-state index is 0.0202. The SMILES string of the molecule is COC1=CC(=[N+](C)CCCC(=O)ON2C(=O)CCC2=O)C=C(OC)C1=C(c1c(OC)cc(N(C)CCS(=O)(=O)[O-])cc1OC)c1c(OC)cc(N(C)CCS(=O)(=O)[O-])cc1OC. The fraction of sp³-hybridized carbons (Fsp3) is 0.450. The zero-order valence-electron chi connectivity index (χ0n) is 36.0. The highest BCUT2D eigenvalue weighted by atomic mass is 32.2. The number of amides is 2. The van der Waals surface area contributed by atoms with Crippen LogP contribution in [0.15, 0.2) is 53.5 Å². The average Bonchev–Trinajstić information content (AvgIpc) is 3.55. The third-order valence-corrected chi connectivity index (χ3v) is 11.3. The Labute approximate surface area is 361 Å². The Morgan fingerprint density at radius 1 is 0.694 bits per heavy atom. The molecule has 2 aliphatic rings. The topological polar surface area (TPSA) is 243 Å². The first-order valence-electron chi connectivity index (χ1n) is 18.9. The highest BCUT2D eigenvalue weighted by Crippen LogP contribution is 2.51. The zero-order valence-corrected chi connectivity index (χ0v) is 37.6. The summed E-state index contributed by atoms with van der Waals surface area (Å²) >= 11 is 0. The molecule has 4 rings (SSSR count). The lowest BCUT2D eigenvalue weighted by Gasteiger charge is -2.29. The predicted octanol–water partition coefficient (Wildman–Crippen LogP) is 2.03. The van der Waals surface area contributed by atoms with Crippen molar-refractivity contribution in [1.82, 2.24) is 5.06 Å². The van der Waals surface area contributed by atoms with Crippen LogP contribution in [0.1, 0.15) is 36.8 Å². The third kappa shape index (κ3) is 12.0. The number of carbonyl (C=O) groups excluding carboxylic acids is 3. The summed E-state index contributed by atoms with van der Waals surface area (Å²) in [5.41, 5.74) is 2.79. The van der Waals surface area contributed by atoms with Crippen molar-refractivity contribution in [2.45, 2.75) is 25.7 Å². The van der Waals surface area contributed by atoms with Gasteiger partial charge in [-0.3, -0.25) is 9.59 Å². The van der Waals surface area contributed by atoms with Crippen molar-refractivity contribution in [3.05, 3.63) is 64.6 Å². The summed E-state index contributed by atoms with van der Waals surface area (Å²) < 4.78 is 107. The summed E-state index contributed by atoms with van der Waals surface area (Å²) in [6.07, 6.45) is 3.60. The lowest BCUT2D eigenvalue weighted by molar-refractivity contribution is -0.496. The van der Waals surface area contributed by atoms with Gasteiger partial charge in [0, 0.05) is 87.7 Å². The second-order valence-corrected chi connectivity index (χ2v) is 17.0. The summed E-state index contributed by atoms with van der Waals surface area (Å²) in [7, 11) is 4.46. The molecule has 1 fully saturated rings. The highest BCUT2D eigenvalue weighted by molar-refractivity contribution is 7.85. The van der Waals surface area contributed by atoms with Crippen molar-refractivity contribution in [3.8, 4) is 23.0 Å². The maximum absolute atomic E-state index is 12.5. The van der Waals surface area contributed by atoms with Gasteiger partial charge in [-0.2, -0.15) is 0 Å². The molecule has 0 saturated carbocycles. The largest absolute Gasteiger partial charge is 0.748 e. The summed E-state index contributed by atoms with van der Waals surface area (Å²) in [5, 5.41) is 0.503. The maximum atomic E-state index is 12.5. The first-order chi connectivity index (χ1) is 29.2. The molecule has 2 amide bonds. The van der Waals surface area contributed by atoms with E-state index in [2.05, 4.69) is 0 Å². The number of hydroxylamine groups is 2. The summed E-state index contributed by atoms with van der Waals surface area (Å²) in [6.45, 7) is 0.0234.